The van der Waals surface area contributed by atoms with E-state index in [2.05, 4.69) is 0 Å². The monoisotopic (exact) mass is 313 g/mol. The van der Waals surface area contributed by atoms with Gasteiger partial charge in [0.25, 0.3) is 0 Å². The third kappa shape index (κ3) is 3.61. The predicted molar refractivity (Wildman–Crippen MR) is 79.7 cm³/mol. The molecule has 0 bridgehead atoms. The first-order valence-electron chi connectivity index (χ1n) is 6.52. The zero-order valence-electron chi connectivity index (χ0n) is 11.2. The Kier molecular flexibility index (Phi) is 5.20. The Hall–Kier alpha value is -1.33. The first kappa shape index (κ1) is 15.1. The molecule has 0 aliphatic carbocycles. The van der Waals surface area contributed by atoms with E-state index in [1.165, 1.54) is 17.4 Å². The van der Waals surface area contributed by atoms with Crippen LogP contribution in [-0.2, 0) is 14.3 Å². The minimum Gasteiger partial charge on any atom is -0.464 e. The van der Waals surface area contributed by atoms with Gasteiger partial charge < -0.3 is 9.64 Å². The molecule has 0 aromatic carbocycles. The summed E-state index contributed by atoms with van der Waals surface area (Å²) in [5, 5.41) is 0. The largest absolute Gasteiger partial charge is 0.464 e. The maximum absolute atomic E-state index is 12.1. The molecule has 1 atom stereocenters. The summed E-state index contributed by atoms with van der Waals surface area (Å²) in [7, 11) is 0. The van der Waals surface area contributed by atoms with Crippen molar-refractivity contribution in [2.45, 2.75) is 25.8 Å². The molecule has 0 saturated carbocycles. The fourth-order valence-electron chi connectivity index (χ4n) is 2.18. The van der Waals surface area contributed by atoms with Crippen LogP contribution in [0.4, 0.5) is 0 Å². The summed E-state index contributed by atoms with van der Waals surface area (Å²) in [6, 6.07) is 3.19. The van der Waals surface area contributed by atoms with Gasteiger partial charge in [0.05, 0.1) is 10.9 Å². The van der Waals surface area contributed by atoms with Gasteiger partial charge in [0.1, 0.15) is 6.04 Å². The Bertz CT molecular complexity index is 526. The minimum atomic E-state index is -0.445. The molecule has 6 heteroatoms. The SMILES string of the molecule is CCOC(=O)C1CCCN1C(=O)C=Cc1ccc(Cl)s1. The van der Waals surface area contributed by atoms with E-state index >= 15 is 0 Å². The van der Waals surface area contributed by atoms with Gasteiger partial charge >= 0.3 is 5.97 Å². The molecule has 108 valence electrons. The molecule has 2 rings (SSSR count). The van der Waals surface area contributed by atoms with Gasteiger partial charge in [-0.15, -0.1) is 11.3 Å². The highest BCUT2D eigenvalue weighted by atomic mass is 35.5. The molecule has 1 aliphatic heterocycles. The number of likely N-dealkylation sites (tertiary alicyclic amines) is 1. The van der Waals surface area contributed by atoms with Crippen LogP contribution in [-0.4, -0.2) is 36.0 Å². The van der Waals surface area contributed by atoms with Crippen LogP contribution in [0.3, 0.4) is 0 Å². The number of halogens is 1. The molecule has 1 unspecified atom stereocenters. The lowest BCUT2D eigenvalue weighted by Gasteiger charge is -2.21. The maximum atomic E-state index is 12.1. The van der Waals surface area contributed by atoms with Gasteiger partial charge in [0, 0.05) is 17.5 Å². The third-order valence-corrected chi connectivity index (χ3v) is 4.28. The second-order valence-electron chi connectivity index (χ2n) is 4.42. The van der Waals surface area contributed by atoms with Crippen LogP contribution in [0.2, 0.25) is 4.34 Å². The zero-order chi connectivity index (χ0) is 14.5. The minimum absolute atomic E-state index is 0.162. The lowest BCUT2D eigenvalue weighted by atomic mass is 10.2. The summed E-state index contributed by atoms with van der Waals surface area (Å²) in [4.78, 5) is 26.4. The van der Waals surface area contributed by atoms with Gasteiger partial charge in [-0.1, -0.05) is 11.6 Å². The van der Waals surface area contributed by atoms with Crippen LogP contribution in [0.1, 0.15) is 24.6 Å². The molecule has 0 radical (unpaired) electrons. The van der Waals surface area contributed by atoms with Crippen molar-refractivity contribution in [3.63, 3.8) is 0 Å². The van der Waals surface area contributed by atoms with Gasteiger partial charge in [0.15, 0.2) is 0 Å². The molecule has 4 nitrogen and oxygen atoms in total. The van der Waals surface area contributed by atoms with Crippen LogP contribution in [0.5, 0.6) is 0 Å². The summed E-state index contributed by atoms with van der Waals surface area (Å²) >= 11 is 7.23. The molecule has 2 heterocycles. The van der Waals surface area contributed by atoms with Gasteiger partial charge in [-0.2, -0.15) is 0 Å². The molecule has 1 amide bonds. The smallest absolute Gasteiger partial charge is 0.328 e. The summed E-state index contributed by atoms with van der Waals surface area (Å²) in [6.45, 7) is 2.69. The van der Waals surface area contributed by atoms with Crippen molar-refractivity contribution in [3.8, 4) is 0 Å². The first-order chi connectivity index (χ1) is 9.61. The number of amides is 1. The fraction of sp³-hybridized carbons (Fsp3) is 0.429. The number of esters is 1. The Morgan fingerprint density at radius 1 is 1.55 bits per heavy atom. The van der Waals surface area contributed by atoms with Crippen molar-refractivity contribution in [1.82, 2.24) is 4.90 Å². The van der Waals surface area contributed by atoms with Gasteiger partial charge in [-0.3, -0.25) is 4.79 Å². The third-order valence-electron chi connectivity index (χ3n) is 3.08. The lowest BCUT2D eigenvalue weighted by Crippen LogP contribution is -2.40. The molecule has 0 spiro atoms. The Morgan fingerprint density at radius 2 is 2.35 bits per heavy atom. The van der Waals surface area contributed by atoms with Crippen molar-refractivity contribution >= 4 is 40.9 Å². The number of rotatable bonds is 4. The zero-order valence-corrected chi connectivity index (χ0v) is 12.7. The topological polar surface area (TPSA) is 46.6 Å². The molecule has 1 aromatic rings. The normalized spacial score (nSPS) is 18.7. The van der Waals surface area contributed by atoms with E-state index in [4.69, 9.17) is 16.3 Å². The van der Waals surface area contributed by atoms with Gasteiger partial charge in [-0.25, -0.2) is 4.79 Å². The number of carbonyl (C=O) groups is 2. The molecule has 1 aliphatic rings. The van der Waals surface area contributed by atoms with Crippen LogP contribution < -0.4 is 0 Å². The molecule has 0 N–H and O–H groups in total. The average molecular weight is 314 g/mol. The first-order valence-corrected chi connectivity index (χ1v) is 7.72. The Morgan fingerprint density at radius 3 is 3.00 bits per heavy atom. The Labute approximate surface area is 127 Å². The lowest BCUT2D eigenvalue weighted by molar-refractivity contribution is -0.151. The average Bonchev–Trinajstić information content (AvgIpc) is 3.05. The van der Waals surface area contributed by atoms with Crippen molar-refractivity contribution in [1.29, 1.82) is 0 Å². The number of nitrogens with zero attached hydrogens (tertiary/aromatic N) is 1. The highest BCUT2D eigenvalue weighted by Crippen LogP contribution is 2.23. The van der Waals surface area contributed by atoms with E-state index in [1.54, 1.807) is 24.0 Å². The highest BCUT2D eigenvalue weighted by molar-refractivity contribution is 7.17. The van der Waals surface area contributed by atoms with Crippen molar-refractivity contribution < 1.29 is 14.3 Å². The van der Waals surface area contributed by atoms with Crippen LogP contribution >= 0.6 is 22.9 Å². The molecule has 1 fully saturated rings. The predicted octanol–water partition coefficient (Wildman–Crippen LogP) is 2.97. The standard InChI is InChI=1S/C14H16ClNO3S/c1-2-19-14(18)11-4-3-9-16(11)13(17)8-6-10-5-7-12(15)20-10/h5-8,11H,2-4,9H2,1H3. The van der Waals surface area contributed by atoms with Gasteiger partial charge in [-0.05, 0) is 38.0 Å². The van der Waals surface area contributed by atoms with Gasteiger partial charge in [0.2, 0.25) is 5.91 Å². The number of ether oxygens (including phenoxy) is 1. The second kappa shape index (κ2) is 6.90. The number of carbonyl (C=O) groups excluding carboxylic acids is 2. The van der Waals surface area contributed by atoms with Crippen LogP contribution in [0.15, 0.2) is 18.2 Å². The fourth-order valence-corrected chi connectivity index (χ4v) is 3.14. The summed E-state index contributed by atoms with van der Waals surface area (Å²) < 4.78 is 5.68. The van der Waals surface area contributed by atoms with Crippen molar-refractivity contribution in [3.05, 3.63) is 27.4 Å². The molecular formula is C14H16ClNO3S. The summed E-state index contributed by atoms with van der Waals surface area (Å²) in [6.07, 6.45) is 4.70. The highest BCUT2D eigenvalue weighted by Gasteiger charge is 2.34. The van der Waals surface area contributed by atoms with E-state index in [1.807, 2.05) is 6.07 Å². The van der Waals surface area contributed by atoms with Crippen molar-refractivity contribution in [2.75, 3.05) is 13.2 Å². The number of hydrogen-bond acceptors (Lipinski definition) is 4. The Balaban J connectivity index is 2.00. The van der Waals surface area contributed by atoms with E-state index < -0.39 is 6.04 Å². The van der Waals surface area contributed by atoms with E-state index in [-0.39, 0.29) is 11.9 Å². The molecule has 1 aromatic heterocycles. The quantitative estimate of drug-likeness (QED) is 0.634. The van der Waals surface area contributed by atoms with Crippen LogP contribution in [0, 0.1) is 0 Å². The van der Waals surface area contributed by atoms with E-state index in [0.717, 1.165) is 11.3 Å². The summed E-state index contributed by atoms with van der Waals surface area (Å²) in [5.74, 6) is -0.476. The second-order valence-corrected chi connectivity index (χ2v) is 6.16. The molecule has 1 saturated heterocycles. The van der Waals surface area contributed by atoms with E-state index in [9.17, 15) is 9.59 Å². The van der Waals surface area contributed by atoms with Crippen LogP contribution in [0.25, 0.3) is 6.08 Å². The number of hydrogen-bond donors (Lipinski definition) is 0. The van der Waals surface area contributed by atoms with Crippen molar-refractivity contribution in [2.24, 2.45) is 0 Å². The van der Waals surface area contributed by atoms with E-state index in [0.29, 0.717) is 23.9 Å². The number of thiophene rings is 1. The maximum Gasteiger partial charge on any atom is 0.328 e. The summed E-state index contributed by atoms with van der Waals surface area (Å²) in [5.41, 5.74) is 0. The molecular weight excluding hydrogens is 298 g/mol. The molecule has 20 heavy (non-hydrogen) atoms.